The molecule has 1 aromatic carbocycles. The molecule has 0 atom stereocenters. The van der Waals surface area contributed by atoms with Crippen LogP contribution in [0.25, 0.3) is 0 Å². The molecule has 12 heteroatoms. The summed E-state index contributed by atoms with van der Waals surface area (Å²) in [5.74, 6) is -1.17. The number of nitrogens with two attached hydrogens (primary N) is 1. The molecule has 0 saturated carbocycles. The molecule has 1 aromatic heterocycles. The fourth-order valence-corrected chi connectivity index (χ4v) is 5.48. The van der Waals surface area contributed by atoms with Crippen molar-refractivity contribution in [3.63, 3.8) is 0 Å². The van der Waals surface area contributed by atoms with Crippen LogP contribution >= 0.6 is 0 Å². The third kappa shape index (κ3) is 3.65. The molecule has 28 heavy (non-hydrogen) atoms. The highest BCUT2D eigenvalue weighted by molar-refractivity contribution is 7.89. The van der Waals surface area contributed by atoms with Gasteiger partial charge in [0, 0.05) is 26.2 Å². The maximum Gasteiger partial charge on any atom is 0.284 e. The third-order valence-electron chi connectivity index (χ3n) is 4.24. The van der Waals surface area contributed by atoms with Crippen molar-refractivity contribution in [2.24, 2.45) is 5.73 Å². The number of nitriles is 1. The van der Waals surface area contributed by atoms with Crippen molar-refractivity contribution in [1.82, 2.24) is 8.61 Å². The lowest BCUT2D eigenvalue weighted by Crippen LogP contribution is -2.50. The molecule has 1 fully saturated rings. The molecule has 1 saturated heterocycles. The Balaban J connectivity index is 1.74. The SMILES string of the molecule is N#Cc1ccc(S(=O)(=O)N2CCN(S(=O)(=O)c3ccc(C(N)=O)o3)CC2)cc1. The van der Waals surface area contributed by atoms with E-state index in [0.29, 0.717) is 5.56 Å². The maximum atomic E-state index is 12.7. The van der Waals surface area contributed by atoms with E-state index in [2.05, 4.69) is 0 Å². The average Bonchev–Trinajstić information content (AvgIpc) is 3.19. The molecular formula is C16H16N4O6S2. The zero-order valence-electron chi connectivity index (χ0n) is 14.5. The van der Waals surface area contributed by atoms with Gasteiger partial charge < -0.3 is 10.2 Å². The van der Waals surface area contributed by atoms with Crippen molar-refractivity contribution in [3.8, 4) is 6.07 Å². The van der Waals surface area contributed by atoms with E-state index in [0.717, 1.165) is 10.4 Å². The number of primary amides is 1. The Morgan fingerprint density at radius 3 is 1.93 bits per heavy atom. The lowest BCUT2D eigenvalue weighted by atomic mass is 10.2. The minimum Gasteiger partial charge on any atom is -0.438 e. The van der Waals surface area contributed by atoms with Crippen LogP contribution in [0.15, 0.2) is 50.8 Å². The molecule has 1 aliphatic heterocycles. The largest absolute Gasteiger partial charge is 0.438 e. The predicted molar refractivity (Wildman–Crippen MR) is 95.9 cm³/mol. The van der Waals surface area contributed by atoms with E-state index >= 15 is 0 Å². The van der Waals surface area contributed by atoms with Crippen LogP contribution in [0.5, 0.6) is 0 Å². The van der Waals surface area contributed by atoms with Gasteiger partial charge in [-0.15, -0.1) is 0 Å². The van der Waals surface area contributed by atoms with E-state index in [1.165, 1.54) is 34.6 Å². The van der Waals surface area contributed by atoms with Gasteiger partial charge >= 0.3 is 0 Å². The van der Waals surface area contributed by atoms with Gasteiger partial charge in [-0.05, 0) is 36.4 Å². The fourth-order valence-electron chi connectivity index (χ4n) is 2.72. The number of hydrogen-bond donors (Lipinski definition) is 1. The number of benzene rings is 1. The number of furan rings is 1. The first-order valence-electron chi connectivity index (χ1n) is 8.06. The molecule has 1 amide bonds. The van der Waals surface area contributed by atoms with Crippen LogP contribution in [-0.4, -0.2) is 57.5 Å². The van der Waals surface area contributed by atoms with Crippen LogP contribution in [0.4, 0.5) is 0 Å². The first kappa shape index (κ1) is 20.0. The van der Waals surface area contributed by atoms with Crippen molar-refractivity contribution < 1.29 is 26.0 Å². The summed E-state index contributed by atoms with van der Waals surface area (Å²) in [6.07, 6.45) is 0. The second kappa shape index (κ2) is 7.36. The van der Waals surface area contributed by atoms with Crippen LogP contribution in [0.3, 0.4) is 0 Å². The van der Waals surface area contributed by atoms with Gasteiger partial charge in [0.1, 0.15) is 0 Å². The van der Waals surface area contributed by atoms with Crippen molar-refractivity contribution >= 4 is 26.0 Å². The normalized spacial score (nSPS) is 16.5. The van der Waals surface area contributed by atoms with Gasteiger partial charge in [-0.2, -0.15) is 13.9 Å². The zero-order chi connectivity index (χ0) is 20.5. The number of piperazine rings is 1. The minimum atomic E-state index is -4.02. The summed E-state index contributed by atoms with van der Waals surface area (Å²) in [4.78, 5) is 11.1. The molecule has 0 aliphatic carbocycles. The Morgan fingerprint density at radius 1 is 0.929 bits per heavy atom. The number of carbonyl (C=O) groups excluding carboxylic acids is 1. The summed E-state index contributed by atoms with van der Waals surface area (Å²) in [5, 5.41) is 8.38. The number of amides is 1. The van der Waals surface area contributed by atoms with Gasteiger partial charge in [-0.25, -0.2) is 16.8 Å². The Kier molecular flexibility index (Phi) is 5.26. The minimum absolute atomic E-state index is 0.0277. The van der Waals surface area contributed by atoms with Crippen LogP contribution < -0.4 is 5.73 Å². The average molecular weight is 424 g/mol. The van der Waals surface area contributed by atoms with Gasteiger partial charge in [0.15, 0.2) is 5.76 Å². The van der Waals surface area contributed by atoms with E-state index < -0.39 is 31.0 Å². The molecule has 0 spiro atoms. The summed E-state index contributed by atoms with van der Waals surface area (Å²) >= 11 is 0. The van der Waals surface area contributed by atoms with Gasteiger partial charge in [0.05, 0.1) is 16.5 Å². The van der Waals surface area contributed by atoms with E-state index in [9.17, 15) is 21.6 Å². The summed E-state index contributed by atoms with van der Waals surface area (Å²) in [7, 11) is -7.83. The van der Waals surface area contributed by atoms with Crippen molar-refractivity contribution in [2.75, 3.05) is 26.2 Å². The fraction of sp³-hybridized carbons (Fsp3) is 0.250. The lowest BCUT2D eigenvalue weighted by molar-refractivity contribution is 0.0968. The molecular weight excluding hydrogens is 408 g/mol. The Labute approximate surface area is 161 Å². The second-order valence-electron chi connectivity index (χ2n) is 5.93. The quantitative estimate of drug-likeness (QED) is 0.705. The zero-order valence-corrected chi connectivity index (χ0v) is 16.1. The Bertz CT molecular complexity index is 1140. The van der Waals surface area contributed by atoms with Gasteiger partial charge in [-0.1, -0.05) is 0 Å². The standard InChI is InChI=1S/C16H16N4O6S2/c17-11-12-1-3-13(4-2-12)27(22,23)19-7-9-20(10-8-19)28(24,25)15-6-5-14(26-15)16(18)21/h1-6H,7-10H2,(H2,18,21). The molecule has 10 nitrogen and oxygen atoms in total. The number of sulfonamides is 2. The molecule has 3 rings (SSSR count). The molecule has 148 valence electrons. The Morgan fingerprint density at radius 2 is 1.46 bits per heavy atom. The van der Waals surface area contributed by atoms with Gasteiger partial charge in [-0.3, -0.25) is 4.79 Å². The number of carbonyl (C=O) groups is 1. The maximum absolute atomic E-state index is 12.7. The molecule has 2 aromatic rings. The molecule has 0 radical (unpaired) electrons. The monoisotopic (exact) mass is 424 g/mol. The summed E-state index contributed by atoms with van der Waals surface area (Å²) in [5.41, 5.74) is 5.39. The van der Waals surface area contributed by atoms with E-state index in [-0.39, 0.29) is 36.8 Å². The highest BCUT2D eigenvalue weighted by Crippen LogP contribution is 2.23. The summed E-state index contributed by atoms with van der Waals surface area (Å²) in [6, 6.07) is 9.70. The molecule has 0 bridgehead atoms. The smallest absolute Gasteiger partial charge is 0.284 e. The first-order valence-corrected chi connectivity index (χ1v) is 10.9. The molecule has 2 heterocycles. The highest BCUT2D eigenvalue weighted by Gasteiger charge is 2.35. The van der Waals surface area contributed by atoms with Crippen LogP contribution in [-0.2, 0) is 20.0 Å². The van der Waals surface area contributed by atoms with E-state index in [4.69, 9.17) is 15.4 Å². The molecule has 1 aliphatic rings. The first-order chi connectivity index (χ1) is 13.2. The van der Waals surface area contributed by atoms with Gasteiger partial charge in [0.2, 0.25) is 15.1 Å². The van der Waals surface area contributed by atoms with Crippen LogP contribution in [0.1, 0.15) is 16.1 Å². The lowest BCUT2D eigenvalue weighted by Gasteiger charge is -2.32. The Hall–Kier alpha value is -2.72. The van der Waals surface area contributed by atoms with Gasteiger partial charge in [0.25, 0.3) is 15.9 Å². The van der Waals surface area contributed by atoms with E-state index in [1.807, 2.05) is 6.07 Å². The van der Waals surface area contributed by atoms with Crippen molar-refractivity contribution in [3.05, 3.63) is 47.7 Å². The predicted octanol–water partition coefficient (Wildman–Crippen LogP) is -0.0546. The molecule has 0 unspecified atom stereocenters. The summed E-state index contributed by atoms with van der Waals surface area (Å²) < 4.78 is 57.8. The highest BCUT2D eigenvalue weighted by atomic mass is 32.2. The second-order valence-corrected chi connectivity index (χ2v) is 9.73. The third-order valence-corrected chi connectivity index (χ3v) is 7.92. The van der Waals surface area contributed by atoms with Crippen LogP contribution in [0, 0.1) is 11.3 Å². The number of nitrogens with zero attached hydrogens (tertiary/aromatic N) is 3. The topological polar surface area (TPSA) is 155 Å². The number of rotatable bonds is 5. The van der Waals surface area contributed by atoms with Crippen molar-refractivity contribution in [1.29, 1.82) is 5.26 Å². The van der Waals surface area contributed by atoms with Crippen molar-refractivity contribution in [2.45, 2.75) is 9.99 Å². The van der Waals surface area contributed by atoms with Crippen LogP contribution in [0.2, 0.25) is 0 Å². The van der Waals surface area contributed by atoms with E-state index in [1.54, 1.807) is 0 Å². The summed E-state index contributed by atoms with van der Waals surface area (Å²) in [6.45, 7) is -0.259. The number of hydrogen-bond acceptors (Lipinski definition) is 7. The molecule has 2 N–H and O–H groups in total.